The smallest absolute Gasteiger partial charge is 0.227 e. The van der Waals surface area contributed by atoms with Gasteiger partial charge in [0.15, 0.2) is 0 Å². The Morgan fingerprint density at radius 1 is 1.09 bits per heavy atom. The Morgan fingerprint density at radius 2 is 1.73 bits per heavy atom. The summed E-state index contributed by atoms with van der Waals surface area (Å²) in [6.07, 6.45) is 5.34. The predicted octanol–water partition coefficient (Wildman–Crippen LogP) is 2.34. The molecule has 1 N–H and O–H groups in total. The van der Waals surface area contributed by atoms with Crippen LogP contribution in [0, 0.1) is 17.8 Å². The molecular weight excluding hydrogens is 276 g/mol. The van der Waals surface area contributed by atoms with E-state index in [-0.39, 0.29) is 17.7 Å². The summed E-state index contributed by atoms with van der Waals surface area (Å²) in [5, 5.41) is 3.26. The van der Waals surface area contributed by atoms with Gasteiger partial charge in [-0.3, -0.25) is 9.59 Å². The van der Waals surface area contributed by atoms with E-state index in [0.29, 0.717) is 30.8 Å². The highest BCUT2D eigenvalue weighted by Gasteiger charge is 2.44. The van der Waals surface area contributed by atoms with Crippen molar-refractivity contribution in [2.45, 2.75) is 38.1 Å². The molecule has 1 atom stereocenters. The van der Waals surface area contributed by atoms with Gasteiger partial charge in [0, 0.05) is 24.7 Å². The molecule has 0 radical (unpaired) electrons. The van der Waals surface area contributed by atoms with Gasteiger partial charge in [0.05, 0.1) is 5.92 Å². The molecule has 1 aromatic rings. The second-order valence-electron chi connectivity index (χ2n) is 6.95. The van der Waals surface area contributed by atoms with Crippen molar-refractivity contribution in [1.82, 2.24) is 5.32 Å². The van der Waals surface area contributed by atoms with Crippen LogP contribution in [0.1, 0.15) is 32.1 Å². The maximum Gasteiger partial charge on any atom is 0.227 e. The molecule has 2 amide bonds. The Morgan fingerprint density at radius 3 is 2.32 bits per heavy atom. The average molecular weight is 298 g/mol. The van der Waals surface area contributed by atoms with Crippen LogP contribution in [-0.2, 0) is 9.59 Å². The van der Waals surface area contributed by atoms with Gasteiger partial charge in [-0.1, -0.05) is 18.2 Å². The summed E-state index contributed by atoms with van der Waals surface area (Å²) in [6.45, 7) is 0.511. The van der Waals surface area contributed by atoms with E-state index < -0.39 is 0 Å². The topological polar surface area (TPSA) is 49.4 Å². The molecule has 4 nitrogen and oxygen atoms in total. The van der Waals surface area contributed by atoms with E-state index in [0.717, 1.165) is 5.69 Å². The van der Waals surface area contributed by atoms with E-state index >= 15 is 0 Å². The summed E-state index contributed by atoms with van der Waals surface area (Å²) in [5.74, 6) is 1.32. The van der Waals surface area contributed by atoms with Crippen LogP contribution < -0.4 is 10.2 Å². The monoisotopic (exact) mass is 298 g/mol. The third kappa shape index (κ3) is 2.74. The molecule has 2 aliphatic carbocycles. The molecule has 1 unspecified atom stereocenters. The number of hydrogen-bond donors (Lipinski definition) is 1. The van der Waals surface area contributed by atoms with Crippen LogP contribution in [0.4, 0.5) is 5.69 Å². The van der Waals surface area contributed by atoms with Gasteiger partial charge in [0.1, 0.15) is 0 Å². The number of carbonyl (C=O) groups is 2. The number of carbonyl (C=O) groups excluding carboxylic acids is 2. The second-order valence-corrected chi connectivity index (χ2v) is 6.95. The third-order valence-corrected chi connectivity index (χ3v) is 5.13. The van der Waals surface area contributed by atoms with Crippen molar-refractivity contribution in [3.8, 4) is 0 Å². The Balaban J connectivity index is 1.40. The van der Waals surface area contributed by atoms with Crippen molar-refractivity contribution < 1.29 is 9.59 Å². The van der Waals surface area contributed by atoms with Gasteiger partial charge in [-0.25, -0.2) is 0 Å². The minimum atomic E-state index is -0.201. The van der Waals surface area contributed by atoms with E-state index in [4.69, 9.17) is 0 Å². The van der Waals surface area contributed by atoms with E-state index in [1.807, 2.05) is 30.3 Å². The number of para-hydroxylation sites is 1. The predicted molar refractivity (Wildman–Crippen MR) is 84.3 cm³/mol. The summed E-state index contributed by atoms with van der Waals surface area (Å²) >= 11 is 0. The van der Waals surface area contributed by atoms with Crippen molar-refractivity contribution >= 4 is 17.5 Å². The molecule has 116 valence electrons. The minimum absolute atomic E-state index is 0.0562. The fraction of sp³-hybridized carbons (Fsp3) is 0.556. The lowest BCUT2D eigenvalue weighted by atomic mass is 10.0. The molecule has 4 heteroatoms. The van der Waals surface area contributed by atoms with E-state index in [1.165, 1.54) is 25.7 Å². The van der Waals surface area contributed by atoms with Gasteiger partial charge in [0.25, 0.3) is 0 Å². The molecule has 22 heavy (non-hydrogen) atoms. The summed E-state index contributed by atoms with van der Waals surface area (Å²) in [7, 11) is 0. The summed E-state index contributed by atoms with van der Waals surface area (Å²) in [5.41, 5.74) is 0.892. The number of benzene rings is 1. The maximum absolute atomic E-state index is 12.6. The lowest BCUT2D eigenvalue weighted by Gasteiger charge is -2.20. The molecule has 0 bridgehead atoms. The number of rotatable bonds is 5. The van der Waals surface area contributed by atoms with Crippen LogP contribution in [0.5, 0.6) is 0 Å². The first-order valence-electron chi connectivity index (χ1n) is 8.38. The molecular formula is C18H22N2O2. The number of hydrogen-bond acceptors (Lipinski definition) is 2. The molecule has 4 rings (SSSR count). The standard InChI is InChI=1S/C18H22N2O2/c21-16-10-14(11-20(16)15-4-2-1-3-5-15)18(22)19-17(12-6-7-12)13-8-9-13/h1-5,12-14,17H,6-11H2,(H,19,22). The average Bonchev–Trinajstić information content (AvgIpc) is 3.44. The molecule has 1 aromatic carbocycles. The number of anilines is 1. The number of nitrogens with one attached hydrogen (secondary N) is 1. The van der Waals surface area contributed by atoms with Crippen molar-refractivity contribution in [2.75, 3.05) is 11.4 Å². The SMILES string of the molecule is O=C(NC(C1CC1)C1CC1)C1CC(=O)N(c2ccccc2)C1. The van der Waals surface area contributed by atoms with E-state index in [9.17, 15) is 9.59 Å². The van der Waals surface area contributed by atoms with Crippen molar-refractivity contribution in [3.05, 3.63) is 30.3 Å². The largest absolute Gasteiger partial charge is 0.353 e. The van der Waals surface area contributed by atoms with E-state index in [2.05, 4.69) is 5.32 Å². The second kappa shape index (κ2) is 5.41. The molecule has 1 saturated heterocycles. The van der Waals surface area contributed by atoms with Gasteiger partial charge >= 0.3 is 0 Å². The molecule has 0 spiro atoms. The molecule has 2 saturated carbocycles. The lowest BCUT2D eigenvalue weighted by Crippen LogP contribution is -2.42. The zero-order valence-corrected chi connectivity index (χ0v) is 12.7. The highest BCUT2D eigenvalue weighted by Crippen LogP contribution is 2.44. The molecule has 1 aliphatic heterocycles. The normalized spacial score (nSPS) is 24.9. The quantitative estimate of drug-likeness (QED) is 0.907. The Bertz CT molecular complexity index is 566. The molecule has 0 aromatic heterocycles. The van der Waals surface area contributed by atoms with Gasteiger partial charge in [-0.2, -0.15) is 0 Å². The fourth-order valence-electron chi connectivity index (χ4n) is 3.55. The summed E-state index contributed by atoms with van der Waals surface area (Å²) in [6, 6.07) is 10.0. The minimum Gasteiger partial charge on any atom is -0.353 e. The van der Waals surface area contributed by atoms with Crippen molar-refractivity contribution in [1.29, 1.82) is 0 Å². The third-order valence-electron chi connectivity index (χ3n) is 5.13. The zero-order valence-electron chi connectivity index (χ0n) is 12.7. The van der Waals surface area contributed by atoms with Gasteiger partial charge in [-0.05, 0) is 49.7 Å². The lowest BCUT2D eigenvalue weighted by molar-refractivity contribution is -0.127. The number of amides is 2. The zero-order chi connectivity index (χ0) is 15.1. The Labute approximate surface area is 130 Å². The highest BCUT2D eigenvalue weighted by molar-refractivity contribution is 6.00. The first-order chi connectivity index (χ1) is 10.7. The fourth-order valence-corrected chi connectivity index (χ4v) is 3.55. The molecule has 3 aliphatic rings. The van der Waals surface area contributed by atoms with Crippen LogP contribution >= 0.6 is 0 Å². The highest BCUT2D eigenvalue weighted by atomic mass is 16.2. The number of nitrogens with zero attached hydrogens (tertiary/aromatic N) is 1. The van der Waals surface area contributed by atoms with Gasteiger partial charge in [0.2, 0.25) is 11.8 Å². The van der Waals surface area contributed by atoms with Crippen molar-refractivity contribution in [2.24, 2.45) is 17.8 Å². The van der Waals surface area contributed by atoms with E-state index in [1.54, 1.807) is 4.90 Å². The van der Waals surface area contributed by atoms with Crippen LogP contribution in [0.15, 0.2) is 30.3 Å². The van der Waals surface area contributed by atoms with Gasteiger partial charge < -0.3 is 10.2 Å². The first kappa shape index (κ1) is 13.8. The molecule has 1 heterocycles. The van der Waals surface area contributed by atoms with Crippen LogP contribution in [0.3, 0.4) is 0 Å². The van der Waals surface area contributed by atoms with Crippen LogP contribution in [0.2, 0.25) is 0 Å². The summed E-state index contributed by atoms with van der Waals surface area (Å²) in [4.78, 5) is 26.5. The maximum atomic E-state index is 12.6. The Kier molecular flexibility index (Phi) is 3.40. The van der Waals surface area contributed by atoms with Crippen molar-refractivity contribution in [3.63, 3.8) is 0 Å². The van der Waals surface area contributed by atoms with Crippen LogP contribution in [-0.4, -0.2) is 24.4 Å². The van der Waals surface area contributed by atoms with Gasteiger partial charge in [-0.15, -0.1) is 0 Å². The first-order valence-corrected chi connectivity index (χ1v) is 8.38. The summed E-state index contributed by atoms with van der Waals surface area (Å²) < 4.78 is 0. The van der Waals surface area contributed by atoms with Crippen LogP contribution in [0.25, 0.3) is 0 Å². The Hall–Kier alpha value is -1.84. The molecule has 3 fully saturated rings.